The molecule has 0 amide bonds. The molecule has 2 aliphatic heterocycles. The predicted molar refractivity (Wildman–Crippen MR) is 122 cm³/mol. The van der Waals surface area contributed by atoms with Gasteiger partial charge in [-0.2, -0.15) is 9.36 Å². The summed E-state index contributed by atoms with van der Waals surface area (Å²) >= 11 is 7.74. The van der Waals surface area contributed by atoms with Gasteiger partial charge in [-0.05, 0) is 49.7 Å². The van der Waals surface area contributed by atoms with Crippen LogP contribution >= 0.6 is 23.1 Å². The van der Waals surface area contributed by atoms with Crippen LogP contribution in [0.15, 0.2) is 18.2 Å². The van der Waals surface area contributed by atoms with E-state index in [0.29, 0.717) is 10.7 Å². The van der Waals surface area contributed by atoms with Crippen LogP contribution in [0, 0.1) is 18.4 Å². The number of aromatic nitrogens is 2. The Morgan fingerprint density at radius 3 is 2.21 bits per heavy atom. The minimum atomic E-state index is 0.533. The summed E-state index contributed by atoms with van der Waals surface area (Å²) in [4.78, 5) is 14.9. The van der Waals surface area contributed by atoms with Gasteiger partial charge in [0.2, 0.25) is 16.8 Å². The topological polar surface area (TPSA) is 39.9 Å². The molecule has 2 aliphatic rings. The first kappa shape index (κ1) is 20.2. The molecule has 2 aromatic rings. The molecule has 2 fully saturated rings. The van der Waals surface area contributed by atoms with Gasteiger partial charge >= 0.3 is 0 Å². The molecular formula is C21H27ClN6S. The molecule has 8 heteroatoms. The Hall–Kier alpha value is -2.04. The molecule has 0 atom stereocenters. The third-order valence-electron chi connectivity index (χ3n) is 6.24. The molecule has 0 bridgehead atoms. The maximum Gasteiger partial charge on any atom is 0.238 e. The molecule has 0 saturated carbocycles. The Kier molecular flexibility index (Phi) is 6.12. The summed E-state index contributed by atoms with van der Waals surface area (Å²) in [5.74, 6) is 2.42. The van der Waals surface area contributed by atoms with Crippen molar-refractivity contribution in [3.8, 4) is 0 Å². The van der Waals surface area contributed by atoms with Gasteiger partial charge in [0.1, 0.15) is 0 Å². The van der Waals surface area contributed by atoms with Gasteiger partial charge in [0.05, 0.1) is 6.57 Å². The highest BCUT2D eigenvalue weighted by Gasteiger charge is 2.30. The normalized spacial score (nSPS) is 18.7. The SMILES string of the molecule is [C-]#[N+]c1ccc(N2CCC(C3CCN(c4nc(N(C)C)ns4)CC3)CC2)cc1Cl. The van der Waals surface area contributed by atoms with E-state index in [0.717, 1.165) is 54.8 Å². The molecule has 0 radical (unpaired) electrons. The van der Waals surface area contributed by atoms with Crippen LogP contribution in [0.3, 0.4) is 0 Å². The lowest BCUT2D eigenvalue weighted by atomic mass is 9.79. The maximum absolute atomic E-state index is 7.14. The highest BCUT2D eigenvalue weighted by molar-refractivity contribution is 7.09. The van der Waals surface area contributed by atoms with E-state index >= 15 is 0 Å². The molecule has 0 unspecified atom stereocenters. The van der Waals surface area contributed by atoms with Gasteiger partial charge in [0.15, 0.2) is 0 Å². The standard InChI is InChI=1S/C21H27ClN6S/c1-23-19-5-4-17(14-18(19)22)27-10-6-15(7-11-27)16-8-12-28(13-9-16)21-24-20(25-29-21)26(2)3/h4-5,14-16H,6-13H2,2-3H3. The van der Waals surface area contributed by atoms with E-state index < -0.39 is 0 Å². The van der Waals surface area contributed by atoms with Gasteiger partial charge < -0.3 is 14.7 Å². The zero-order chi connectivity index (χ0) is 20.4. The van der Waals surface area contributed by atoms with Crippen molar-refractivity contribution in [2.45, 2.75) is 25.7 Å². The van der Waals surface area contributed by atoms with Crippen LogP contribution in [0.4, 0.5) is 22.5 Å². The summed E-state index contributed by atoms with van der Waals surface area (Å²) in [5.41, 5.74) is 1.67. The van der Waals surface area contributed by atoms with Crippen molar-refractivity contribution < 1.29 is 0 Å². The average Bonchev–Trinajstić information content (AvgIpc) is 3.25. The minimum Gasteiger partial charge on any atom is -0.372 e. The van der Waals surface area contributed by atoms with Crippen LogP contribution in [0.2, 0.25) is 5.02 Å². The third-order valence-corrected chi connectivity index (χ3v) is 7.31. The van der Waals surface area contributed by atoms with E-state index in [9.17, 15) is 0 Å². The van der Waals surface area contributed by atoms with Gasteiger partial charge in [-0.15, -0.1) is 0 Å². The smallest absolute Gasteiger partial charge is 0.238 e. The van der Waals surface area contributed by atoms with Gasteiger partial charge in [-0.1, -0.05) is 17.7 Å². The summed E-state index contributed by atoms with van der Waals surface area (Å²) in [5, 5.41) is 1.61. The Balaban J connectivity index is 1.29. The molecule has 29 heavy (non-hydrogen) atoms. The summed E-state index contributed by atoms with van der Waals surface area (Å²) in [6, 6.07) is 5.81. The molecular weight excluding hydrogens is 404 g/mol. The van der Waals surface area contributed by atoms with E-state index in [1.165, 1.54) is 37.2 Å². The van der Waals surface area contributed by atoms with Crippen molar-refractivity contribution in [2.75, 3.05) is 55.0 Å². The molecule has 1 aromatic heterocycles. The second-order valence-electron chi connectivity index (χ2n) is 8.17. The zero-order valence-corrected chi connectivity index (χ0v) is 18.6. The second-order valence-corrected chi connectivity index (χ2v) is 9.31. The lowest BCUT2D eigenvalue weighted by molar-refractivity contribution is 0.233. The number of halogens is 1. The van der Waals surface area contributed by atoms with E-state index in [2.05, 4.69) is 24.0 Å². The summed E-state index contributed by atoms with van der Waals surface area (Å²) in [6.07, 6.45) is 4.95. The highest BCUT2D eigenvalue weighted by Crippen LogP contribution is 2.37. The van der Waals surface area contributed by atoms with Crippen molar-refractivity contribution in [1.82, 2.24) is 9.36 Å². The molecule has 0 N–H and O–H groups in total. The van der Waals surface area contributed by atoms with Crippen LogP contribution in [0.5, 0.6) is 0 Å². The summed E-state index contributed by atoms with van der Waals surface area (Å²) in [6.45, 7) is 11.5. The molecule has 3 heterocycles. The number of benzene rings is 1. The number of nitrogens with zero attached hydrogens (tertiary/aromatic N) is 6. The van der Waals surface area contributed by atoms with Crippen LogP contribution in [0.25, 0.3) is 4.85 Å². The molecule has 6 nitrogen and oxygen atoms in total. The fourth-order valence-electron chi connectivity index (χ4n) is 4.49. The lowest BCUT2D eigenvalue weighted by Crippen LogP contribution is -2.41. The predicted octanol–water partition coefficient (Wildman–Crippen LogP) is 4.94. The van der Waals surface area contributed by atoms with Crippen molar-refractivity contribution >= 4 is 45.6 Å². The van der Waals surface area contributed by atoms with Gasteiger partial charge in [-0.3, -0.25) is 0 Å². The van der Waals surface area contributed by atoms with Gasteiger partial charge in [0, 0.05) is 62.5 Å². The largest absolute Gasteiger partial charge is 0.372 e. The van der Waals surface area contributed by atoms with Crippen molar-refractivity contribution in [1.29, 1.82) is 0 Å². The Morgan fingerprint density at radius 1 is 1.07 bits per heavy atom. The first-order valence-corrected chi connectivity index (χ1v) is 11.4. The van der Waals surface area contributed by atoms with Crippen LogP contribution in [-0.2, 0) is 0 Å². The van der Waals surface area contributed by atoms with Crippen molar-refractivity contribution in [2.24, 2.45) is 11.8 Å². The van der Waals surface area contributed by atoms with Crippen LogP contribution in [0.1, 0.15) is 25.7 Å². The number of hydrogen-bond donors (Lipinski definition) is 0. The van der Waals surface area contributed by atoms with Crippen molar-refractivity contribution in [3.05, 3.63) is 34.6 Å². The van der Waals surface area contributed by atoms with E-state index in [-0.39, 0.29) is 0 Å². The summed E-state index contributed by atoms with van der Waals surface area (Å²) in [7, 11) is 3.97. The first-order valence-electron chi connectivity index (χ1n) is 10.2. The van der Waals surface area contributed by atoms with E-state index in [4.69, 9.17) is 18.2 Å². The average molecular weight is 431 g/mol. The Morgan fingerprint density at radius 2 is 1.69 bits per heavy atom. The van der Waals surface area contributed by atoms with E-state index in [1.54, 1.807) is 0 Å². The molecule has 4 rings (SSSR count). The van der Waals surface area contributed by atoms with Gasteiger partial charge in [-0.25, -0.2) is 4.85 Å². The third kappa shape index (κ3) is 4.44. The minimum absolute atomic E-state index is 0.533. The molecule has 154 valence electrons. The molecule has 2 saturated heterocycles. The van der Waals surface area contributed by atoms with E-state index in [1.807, 2.05) is 37.2 Å². The highest BCUT2D eigenvalue weighted by atomic mass is 35.5. The number of rotatable bonds is 4. The zero-order valence-electron chi connectivity index (χ0n) is 17.0. The molecule has 0 spiro atoms. The van der Waals surface area contributed by atoms with Crippen LogP contribution < -0.4 is 14.7 Å². The fraction of sp³-hybridized carbons (Fsp3) is 0.571. The number of piperidine rings is 2. The van der Waals surface area contributed by atoms with Gasteiger partial charge in [0.25, 0.3) is 0 Å². The lowest BCUT2D eigenvalue weighted by Gasteiger charge is -2.40. The molecule has 1 aromatic carbocycles. The number of hydrogen-bond acceptors (Lipinski definition) is 6. The van der Waals surface area contributed by atoms with Crippen LogP contribution in [-0.4, -0.2) is 49.6 Å². The Bertz CT molecular complexity index is 876. The number of anilines is 3. The Labute approximate surface area is 182 Å². The first-order chi connectivity index (χ1) is 14.0. The fourth-order valence-corrected chi connectivity index (χ4v) is 5.50. The van der Waals surface area contributed by atoms with Crippen molar-refractivity contribution in [3.63, 3.8) is 0 Å². The second kappa shape index (κ2) is 8.76. The quantitative estimate of drug-likeness (QED) is 0.642. The summed E-state index contributed by atoms with van der Waals surface area (Å²) < 4.78 is 4.44. The molecule has 0 aliphatic carbocycles. The maximum atomic E-state index is 7.14. The monoisotopic (exact) mass is 430 g/mol.